The number of rotatable bonds is 8. The van der Waals surface area contributed by atoms with Crippen molar-refractivity contribution in [2.24, 2.45) is 0 Å². The van der Waals surface area contributed by atoms with Gasteiger partial charge in [-0.15, -0.1) is 0 Å². The Morgan fingerprint density at radius 3 is 2.62 bits per heavy atom. The molecule has 1 atom stereocenters. The monoisotopic (exact) mass is 305 g/mol. The van der Waals surface area contributed by atoms with Crippen LogP contribution in [0.5, 0.6) is 0 Å². The molecule has 3 nitrogen and oxygen atoms in total. The smallest absolute Gasteiger partial charge is 0.139 e. The van der Waals surface area contributed by atoms with E-state index in [0.717, 1.165) is 42.0 Å². The van der Waals surface area contributed by atoms with Crippen LogP contribution < -0.4 is 4.89 Å². The fourth-order valence-electron chi connectivity index (χ4n) is 2.42. The number of unbranched alkanes of at least 4 members (excludes halogenated alkanes) is 3. The van der Waals surface area contributed by atoms with Crippen molar-refractivity contribution in [1.29, 1.82) is 0 Å². The molecule has 2 aromatic rings. The molecule has 1 unspecified atom stereocenters. The maximum absolute atomic E-state index is 12.1. The van der Waals surface area contributed by atoms with Crippen LogP contribution >= 0.6 is 7.60 Å². The van der Waals surface area contributed by atoms with Gasteiger partial charge in [-0.05, 0) is 22.8 Å². The second-order valence-electron chi connectivity index (χ2n) is 5.30. The standard InChI is InChI=1S/C17H23O3P/c1-2-3-4-7-13-20-21(18,19)14-16-11-8-10-15-9-5-6-12-17(15)16/h5-6,8-12H,2-4,7,13-14H2,1H3,(H,18,19)/p-1. The minimum Gasteiger partial charge on any atom is -0.778 e. The van der Waals surface area contributed by atoms with Crippen molar-refractivity contribution < 1.29 is 14.0 Å². The Hall–Kier alpha value is -1.15. The number of hydrogen-bond acceptors (Lipinski definition) is 3. The minimum absolute atomic E-state index is 0.0396. The van der Waals surface area contributed by atoms with Crippen molar-refractivity contribution in [1.82, 2.24) is 0 Å². The molecule has 0 aliphatic heterocycles. The highest BCUT2D eigenvalue weighted by atomic mass is 31.2. The Morgan fingerprint density at radius 2 is 1.81 bits per heavy atom. The van der Waals surface area contributed by atoms with E-state index in [1.54, 1.807) is 0 Å². The molecule has 21 heavy (non-hydrogen) atoms. The lowest BCUT2D eigenvalue weighted by Crippen LogP contribution is -2.08. The SMILES string of the molecule is CCCCCCOP(=O)([O-])Cc1cccc2ccccc12. The topological polar surface area (TPSA) is 49.4 Å². The summed E-state index contributed by atoms with van der Waals surface area (Å²) in [5.74, 6) is 0. The van der Waals surface area contributed by atoms with Crippen LogP contribution in [0.2, 0.25) is 0 Å². The average Bonchev–Trinajstić information content (AvgIpc) is 2.47. The summed E-state index contributed by atoms with van der Waals surface area (Å²) in [6, 6.07) is 13.5. The van der Waals surface area contributed by atoms with E-state index in [9.17, 15) is 9.46 Å². The lowest BCUT2D eigenvalue weighted by atomic mass is 10.1. The summed E-state index contributed by atoms with van der Waals surface area (Å²) < 4.78 is 17.2. The molecule has 114 valence electrons. The Morgan fingerprint density at radius 1 is 1.05 bits per heavy atom. The van der Waals surface area contributed by atoms with Crippen molar-refractivity contribution in [2.75, 3.05) is 6.61 Å². The van der Waals surface area contributed by atoms with Crippen LogP contribution in [-0.2, 0) is 15.3 Å². The molecule has 2 aromatic carbocycles. The maximum Gasteiger partial charge on any atom is 0.139 e. The molecule has 0 N–H and O–H groups in total. The van der Waals surface area contributed by atoms with Crippen LogP contribution in [0.4, 0.5) is 0 Å². The van der Waals surface area contributed by atoms with E-state index in [-0.39, 0.29) is 6.16 Å². The van der Waals surface area contributed by atoms with E-state index >= 15 is 0 Å². The van der Waals surface area contributed by atoms with Crippen LogP contribution in [0.15, 0.2) is 42.5 Å². The second kappa shape index (κ2) is 7.74. The van der Waals surface area contributed by atoms with Crippen LogP contribution in [0.1, 0.15) is 38.2 Å². The molecule has 0 saturated heterocycles. The fourth-order valence-corrected chi connectivity index (χ4v) is 3.61. The largest absolute Gasteiger partial charge is 0.778 e. The highest BCUT2D eigenvalue weighted by Gasteiger charge is 2.11. The van der Waals surface area contributed by atoms with Crippen molar-refractivity contribution in [3.05, 3.63) is 48.0 Å². The van der Waals surface area contributed by atoms with Crippen molar-refractivity contribution in [2.45, 2.75) is 38.8 Å². The molecule has 0 saturated carbocycles. The third-order valence-electron chi connectivity index (χ3n) is 3.53. The Bertz CT molecular complexity index is 619. The highest BCUT2D eigenvalue weighted by Crippen LogP contribution is 2.42. The summed E-state index contributed by atoms with van der Waals surface area (Å²) in [7, 11) is -3.82. The van der Waals surface area contributed by atoms with Crippen molar-refractivity contribution in [3.8, 4) is 0 Å². The highest BCUT2D eigenvalue weighted by molar-refractivity contribution is 7.50. The van der Waals surface area contributed by atoms with Gasteiger partial charge in [-0.3, -0.25) is 0 Å². The number of hydrogen-bond donors (Lipinski definition) is 0. The Labute approximate surface area is 126 Å². The summed E-state index contributed by atoms with van der Waals surface area (Å²) in [5, 5.41) is 2.03. The molecular weight excluding hydrogens is 283 g/mol. The van der Waals surface area contributed by atoms with Gasteiger partial charge in [0.25, 0.3) is 0 Å². The van der Waals surface area contributed by atoms with Gasteiger partial charge >= 0.3 is 0 Å². The zero-order valence-electron chi connectivity index (χ0n) is 12.5. The summed E-state index contributed by atoms with van der Waals surface area (Å²) in [6.07, 6.45) is 4.03. The van der Waals surface area contributed by atoms with Gasteiger partial charge in [0.15, 0.2) is 0 Å². The van der Waals surface area contributed by atoms with E-state index in [1.165, 1.54) is 0 Å². The number of fused-ring (bicyclic) bond motifs is 1. The maximum atomic E-state index is 12.1. The molecule has 0 bridgehead atoms. The average molecular weight is 305 g/mol. The summed E-state index contributed by atoms with van der Waals surface area (Å²) >= 11 is 0. The molecule has 0 heterocycles. The van der Waals surface area contributed by atoms with E-state index < -0.39 is 7.60 Å². The van der Waals surface area contributed by atoms with Crippen LogP contribution in [0.25, 0.3) is 10.8 Å². The van der Waals surface area contributed by atoms with E-state index in [0.29, 0.717) is 6.61 Å². The normalized spacial score (nSPS) is 14.2. The fraction of sp³-hybridized carbons (Fsp3) is 0.412. The van der Waals surface area contributed by atoms with Gasteiger partial charge in [-0.2, -0.15) is 0 Å². The predicted molar refractivity (Wildman–Crippen MR) is 85.4 cm³/mol. The Balaban J connectivity index is 2.00. The summed E-state index contributed by atoms with van der Waals surface area (Å²) in [4.78, 5) is 12.1. The quantitative estimate of drug-likeness (QED) is 0.533. The Kier molecular flexibility index (Phi) is 5.98. The van der Waals surface area contributed by atoms with E-state index in [2.05, 4.69) is 6.92 Å². The molecule has 0 spiro atoms. The molecule has 2 rings (SSSR count). The van der Waals surface area contributed by atoms with Gasteiger partial charge in [-0.25, -0.2) is 0 Å². The molecule has 0 aliphatic carbocycles. The first-order valence-corrected chi connectivity index (χ1v) is 9.26. The molecule has 0 radical (unpaired) electrons. The minimum atomic E-state index is -3.82. The molecule has 4 heteroatoms. The summed E-state index contributed by atoms with van der Waals surface area (Å²) in [5.41, 5.74) is 0.806. The first kappa shape index (κ1) is 16.2. The molecule has 0 aliphatic rings. The lowest BCUT2D eigenvalue weighted by Gasteiger charge is -2.24. The molecule has 0 aromatic heterocycles. The van der Waals surface area contributed by atoms with E-state index in [1.807, 2.05) is 42.5 Å². The lowest BCUT2D eigenvalue weighted by molar-refractivity contribution is -0.199. The zero-order chi connectivity index (χ0) is 15.1. The van der Waals surface area contributed by atoms with Gasteiger partial charge in [0, 0.05) is 6.16 Å². The van der Waals surface area contributed by atoms with Gasteiger partial charge in [0.2, 0.25) is 0 Å². The summed E-state index contributed by atoms with van der Waals surface area (Å²) in [6.45, 7) is 2.42. The third-order valence-corrected chi connectivity index (χ3v) is 4.83. The third kappa shape index (κ3) is 4.96. The predicted octanol–water partition coefficient (Wildman–Crippen LogP) is 4.49. The van der Waals surface area contributed by atoms with E-state index in [4.69, 9.17) is 4.52 Å². The zero-order valence-corrected chi connectivity index (χ0v) is 13.4. The van der Waals surface area contributed by atoms with Crippen molar-refractivity contribution in [3.63, 3.8) is 0 Å². The van der Waals surface area contributed by atoms with Crippen LogP contribution in [0.3, 0.4) is 0 Å². The first-order valence-electron chi connectivity index (χ1n) is 7.53. The van der Waals surface area contributed by atoms with Gasteiger partial charge in [0.1, 0.15) is 7.60 Å². The first-order chi connectivity index (χ1) is 10.1. The van der Waals surface area contributed by atoms with Crippen molar-refractivity contribution >= 4 is 18.4 Å². The van der Waals surface area contributed by atoms with Gasteiger partial charge in [0.05, 0.1) is 6.61 Å². The number of benzene rings is 2. The van der Waals surface area contributed by atoms with Gasteiger partial charge < -0.3 is 14.0 Å². The van der Waals surface area contributed by atoms with Crippen LogP contribution in [0, 0.1) is 0 Å². The molecular formula is C17H22O3P-. The van der Waals surface area contributed by atoms with Gasteiger partial charge in [-0.1, -0.05) is 68.7 Å². The second-order valence-corrected chi connectivity index (χ2v) is 7.10. The molecule has 0 fully saturated rings. The van der Waals surface area contributed by atoms with Crippen LogP contribution in [-0.4, -0.2) is 6.61 Å². The molecule has 0 amide bonds.